The summed E-state index contributed by atoms with van der Waals surface area (Å²) < 4.78 is 1.81. The second-order valence-corrected chi connectivity index (χ2v) is 7.36. The number of hydrogen-bond acceptors (Lipinski definition) is 5. The van der Waals surface area contributed by atoms with Gasteiger partial charge < -0.3 is 15.2 Å². The first kappa shape index (κ1) is 17.5. The molecule has 0 bridgehead atoms. The van der Waals surface area contributed by atoms with Gasteiger partial charge in [-0.1, -0.05) is 30.0 Å². The van der Waals surface area contributed by atoms with Crippen LogP contribution in [0, 0.1) is 0 Å². The Labute approximate surface area is 150 Å². The molecule has 1 aromatic heterocycles. The summed E-state index contributed by atoms with van der Waals surface area (Å²) in [6.45, 7) is 2.59. The quantitative estimate of drug-likeness (QED) is 0.785. The maximum absolute atomic E-state index is 12.8. The Balaban J connectivity index is 1.67. The van der Waals surface area contributed by atoms with Crippen LogP contribution >= 0.6 is 11.8 Å². The van der Waals surface area contributed by atoms with Gasteiger partial charge in [0.1, 0.15) is 5.82 Å². The summed E-state index contributed by atoms with van der Waals surface area (Å²) in [4.78, 5) is 25.6. The van der Waals surface area contributed by atoms with Crippen molar-refractivity contribution >= 4 is 29.3 Å². The minimum absolute atomic E-state index is 0.0663. The molecule has 1 atom stereocenters. The molecule has 0 fully saturated rings. The summed E-state index contributed by atoms with van der Waals surface area (Å²) >= 11 is 1.38. The second-order valence-electron chi connectivity index (χ2n) is 6.05. The molecule has 2 N–H and O–H groups in total. The highest BCUT2D eigenvalue weighted by Gasteiger charge is 2.29. The normalized spacial score (nSPS) is 14.4. The van der Waals surface area contributed by atoms with Crippen LogP contribution < -0.4 is 10.6 Å². The average Bonchev–Trinajstić information content (AvgIpc) is 3.17. The molecule has 2 amide bonds. The molecule has 2 aromatic rings. The largest absolute Gasteiger partial charge is 0.370 e. The van der Waals surface area contributed by atoms with Crippen LogP contribution in [0.2, 0.25) is 0 Å². The number of para-hydroxylation sites is 1. The standard InChI is InChI=1S/C17H21N5O2S/c1-11(16(24)22-10-9-12-5-3-4-6-13(12)22)25-17-20-19-15(21(17)2)8-7-14(18)23/h3-6,11H,7-10H2,1-2H3,(H2,18,23)/t11-/m0/s1. The van der Waals surface area contributed by atoms with Crippen LogP contribution in [0.5, 0.6) is 0 Å². The first-order valence-electron chi connectivity index (χ1n) is 8.20. The molecule has 8 heteroatoms. The van der Waals surface area contributed by atoms with Crippen molar-refractivity contribution in [2.75, 3.05) is 11.4 Å². The molecular weight excluding hydrogens is 338 g/mol. The number of aryl methyl sites for hydroxylation is 1. The summed E-state index contributed by atoms with van der Waals surface area (Å²) in [5.41, 5.74) is 7.38. The number of amides is 2. The van der Waals surface area contributed by atoms with Crippen molar-refractivity contribution in [2.45, 2.75) is 36.6 Å². The molecule has 0 saturated heterocycles. The number of anilines is 1. The lowest BCUT2D eigenvalue weighted by Gasteiger charge is -2.21. The molecule has 0 saturated carbocycles. The molecule has 7 nitrogen and oxygen atoms in total. The number of primary amides is 1. The van der Waals surface area contributed by atoms with E-state index < -0.39 is 0 Å². The maximum Gasteiger partial charge on any atom is 0.240 e. The number of benzene rings is 1. The molecule has 25 heavy (non-hydrogen) atoms. The van der Waals surface area contributed by atoms with Gasteiger partial charge in [0.25, 0.3) is 0 Å². The topological polar surface area (TPSA) is 94.1 Å². The van der Waals surface area contributed by atoms with E-state index in [0.717, 1.165) is 12.1 Å². The van der Waals surface area contributed by atoms with E-state index in [4.69, 9.17) is 5.73 Å². The van der Waals surface area contributed by atoms with Gasteiger partial charge in [-0.15, -0.1) is 10.2 Å². The number of aromatic nitrogens is 3. The number of fused-ring (bicyclic) bond motifs is 1. The number of thioether (sulfide) groups is 1. The van der Waals surface area contributed by atoms with E-state index in [2.05, 4.69) is 16.3 Å². The van der Waals surface area contributed by atoms with Gasteiger partial charge >= 0.3 is 0 Å². The van der Waals surface area contributed by atoms with E-state index in [9.17, 15) is 9.59 Å². The van der Waals surface area contributed by atoms with Crippen LogP contribution in [-0.2, 0) is 29.5 Å². The van der Waals surface area contributed by atoms with Crippen molar-refractivity contribution in [3.05, 3.63) is 35.7 Å². The zero-order valence-electron chi connectivity index (χ0n) is 14.3. The number of rotatable bonds is 6. The lowest BCUT2D eigenvalue weighted by molar-refractivity contribution is -0.118. The third-order valence-electron chi connectivity index (χ3n) is 4.30. The molecule has 0 aliphatic carbocycles. The molecule has 132 valence electrons. The van der Waals surface area contributed by atoms with Crippen molar-refractivity contribution in [3.8, 4) is 0 Å². The molecule has 0 spiro atoms. The highest BCUT2D eigenvalue weighted by molar-refractivity contribution is 8.00. The Kier molecular flexibility index (Phi) is 5.08. The first-order valence-corrected chi connectivity index (χ1v) is 9.08. The molecule has 0 unspecified atom stereocenters. The maximum atomic E-state index is 12.8. The Morgan fingerprint density at radius 1 is 1.32 bits per heavy atom. The average molecular weight is 359 g/mol. The monoisotopic (exact) mass is 359 g/mol. The van der Waals surface area contributed by atoms with Gasteiger partial charge in [-0.2, -0.15) is 0 Å². The van der Waals surface area contributed by atoms with Crippen LogP contribution in [0.1, 0.15) is 24.7 Å². The number of carbonyl (C=O) groups excluding carboxylic acids is 2. The zero-order chi connectivity index (χ0) is 18.0. The summed E-state index contributed by atoms with van der Waals surface area (Å²) in [7, 11) is 1.83. The molecular formula is C17H21N5O2S. The lowest BCUT2D eigenvalue weighted by Crippen LogP contribution is -2.35. The van der Waals surface area contributed by atoms with Gasteiger partial charge in [-0.25, -0.2) is 0 Å². The molecule has 1 aliphatic rings. The lowest BCUT2D eigenvalue weighted by atomic mass is 10.2. The Morgan fingerprint density at radius 2 is 2.08 bits per heavy atom. The summed E-state index contributed by atoms with van der Waals surface area (Å²) in [6, 6.07) is 8.00. The van der Waals surface area contributed by atoms with E-state index in [1.807, 2.05) is 41.6 Å². The van der Waals surface area contributed by atoms with Gasteiger partial charge in [0.05, 0.1) is 5.25 Å². The molecule has 1 aliphatic heterocycles. The smallest absolute Gasteiger partial charge is 0.240 e. The van der Waals surface area contributed by atoms with Gasteiger partial charge in [-0.05, 0) is 25.0 Å². The van der Waals surface area contributed by atoms with Crippen molar-refractivity contribution in [2.24, 2.45) is 12.8 Å². The van der Waals surface area contributed by atoms with Crippen LogP contribution in [0.4, 0.5) is 5.69 Å². The highest BCUT2D eigenvalue weighted by Crippen LogP contribution is 2.31. The molecule has 1 aromatic carbocycles. The summed E-state index contributed by atoms with van der Waals surface area (Å²) in [5, 5.41) is 8.61. The van der Waals surface area contributed by atoms with Gasteiger partial charge in [0.2, 0.25) is 11.8 Å². The predicted molar refractivity (Wildman–Crippen MR) is 96.3 cm³/mol. The zero-order valence-corrected chi connectivity index (χ0v) is 15.1. The summed E-state index contributed by atoms with van der Waals surface area (Å²) in [5.74, 6) is 0.387. The van der Waals surface area contributed by atoms with E-state index in [1.165, 1.54) is 17.3 Å². The van der Waals surface area contributed by atoms with E-state index >= 15 is 0 Å². The van der Waals surface area contributed by atoms with Crippen LogP contribution in [0.25, 0.3) is 0 Å². The van der Waals surface area contributed by atoms with E-state index in [1.54, 1.807) is 0 Å². The Bertz CT molecular complexity index is 804. The number of carbonyl (C=O) groups is 2. The van der Waals surface area contributed by atoms with Crippen molar-refractivity contribution in [1.82, 2.24) is 14.8 Å². The second kappa shape index (κ2) is 7.26. The minimum Gasteiger partial charge on any atom is -0.370 e. The van der Waals surface area contributed by atoms with E-state index in [-0.39, 0.29) is 23.5 Å². The van der Waals surface area contributed by atoms with Crippen LogP contribution in [0.3, 0.4) is 0 Å². The Hall–Kier alpha value is -2.35. The molecule has 2 heterocycles. The highest BCUT2D eigenvalue weighted by atomic mass is 32.2. The van der Waals surface area contributed by atoms with Crippen molar-refractivity contribution in [1.29, 1.82) is 0 Å². The number of nitrogens with two attached hydrogens (primary N) is 1. The van der Waals surface area contributed by atoms with E-state index in [0.29, 0.717) is 23.9 Å². The SMILES string of the molecule is C[C@H](Sc1nnc(CCC(N)=O)n1C)C(=O)N1CCc2ccccc21. The Morgan fingerprint density at radius 3 is 2.84 bits per heavy atom. The minimum atomic E-state index is -0.367. The number of hydrogen-bond donors (Lipinski definition) is 1. The van der Waals surface area contributed by atoms with Crippen LogP contribution in [-0.4, -0.2) is 38.4 Å². The predicted octanol–water partition coefficient (Wildman–Crippen LogP) is 1.30. The number of nitrogens with zero attached hydrogens (tertiary/aromatic N) is 4. The fraction of sp³-hybridized carbons (Fsp3) is 0.412. The first-order chi connectivity index (χ1) is 12.0. The van der Waals surface area contributed by atoms with Crippen LogP contribution in [0.15, 0.2) is 29.4 Å². The fourth-order valence-electron chi connectivity index (χ4n) is 2.90. The van der Waals surface area contributed by atoms with Gasteiger partial charge in [0, 0.05) is 32.1 Å². The molecule has 3 rings (SSSR count). The van der Waals surface area contributed by atoms with Crippen molar-refractivity contribution in [3.63, 3.8) is 0 Å². The molecule has 0 radical (unpaired) electrons. The fourth-order valence-corrected chi connectivity index (χ4v) is 3.79. The van der Waals surface area contributed by atoms with Crippen molar-refractivity contribution < 1.29 is 9.59 Å². The van der Waals surface area contributed by atoms with Gasteiger partial charge in [0.15, 0.2) is 5.16 Å². The third kappa shape index (κ3) is 3.68. The third-order valence-corrected chi connectivity index (χ3v) is 5.42. The summed E-state index contributed by atoms with van der Waals surface area (Å²) in [6.07, 6.45) is 1.57. The van der Waals surface area contributed by atoms with Gasteiger partial charge in [-0.3, -0.25) is 9.59 Å².